The molecule has 5 aromatic rings. The van der Waals surface area contributed by atoms with Gasteiger partial charge in [0.2, 0.25) is 0 Å². The van der Waals surface area contributed by atoms with Crippen LogP contribution in [-0.2, 0) is 6.42 Å². The summed E-state index contributed by atoms with van der Waals surface area (Å²) in [6, 6.07) is 36.1. The van der Waals surface area contributed by atoms with Gasteiger partial charge in [-0.15, -0.1) is 0 Å². The van der Waals surface area contributed by atoms with Crippen molar-refractivity contribution >= 4 is 23.2 Å². The van der Waals surface area contributed by atoms with Gasteiger partial charge < -0.3 is 0 Å². The third kappa shape index (κ3) is 4.51. The molecule has 0 saturated carbocycles. The van der Waals surface area contributed by atoms with Crippen LogP contribution >= 0.6 is 0 Å². The molecule has 0 N–H and O–H groups in total. The van der Waals surface area contributed by atoms with E-state index >= 15 is 0 Å². The topological polar surface area (TPSA) is 25.2 Å². The maximum Gasteiger partial charge on any atom is 0.0658 e. The van der Waals surface area contributed by atoms with Crippen molar-refractivity contribution < 1.29 is 0 Å². The van der Waals surface area contributed by atoms with Crippen LogP contribution in [0, 0.1) is 0 Å². The van der Waals surface area contributed by atoms with Crippen LogP contribution in [0.4, 0.5) is 0 Å². The van der Waals surface area contributed by atoms with E-state index in [1.54, 1.807) is 6.20 Å². The van der Waals surface area contributed by atoms with Gasteiger partial charge >= 0.3 is 0 Å². The zero-order valence-corrected chi connectivity index (χ0v) is 18.4. The summed E-state index contributed by atoms with van der Waals surface area (Å²) in [7, 11) is 0. The Labute approximate surface area is 194 Å². The van der Waals surface area contributed by atoms with Gasteiger partial charge in [-0.2, -0.15) is 0 Å². The lowest BCUT2D eigenvalue weighted by atomic mass is 9.96. The highest BCUT2D eigenvalue weighted by molar-refractivity contribution is 5.96. The summed E-state index contributed by atoms with van der Waals surface area (Å²) >= 11 is 0. The van der Waals surface area contributed by atoms with Crippen molar-refractivity contribution in [2.24, 2.45) is 4.99 Å². The van der Waals surface area contributed by atoms with Crippen LogP contribution in [0.5, 0.6) is 0 Å². The van der Waals surface area contributed by atoms with Gasteiger partial charge in [-0.05, 0) is 58.3 Å². The average Bonchev–Trinajstić information content (AvgIpc) is 2.89. The fraction of sp³-hybridized carbons (Fsp3) is 0.0323. The van der Waals surface area contributed by atoms with Crippen LogP contribution in [0.2, 0.25) is 0 Å². The molecule has 0 amide bonds. The number of hydrogen-bond acceptors (Lipinski definition) is 2. The van der Waals surface area contributed by atoms with Gasteiger partial charge in [0.25, 0.3) is 0 Å². The minimum Gasteiger partial charge on any atom is -0.264 e. The molecular weight excluding hydrogens is 400 g/mol. The third-order valence-electron chi connectivity index (χ3n) is 5.88. The lowest BCUT2D eigenvalue weighted by Gasteiger charge is -2.09. The lowest BCUT2D eigenvalue weighted by molar-refractivity contribution is 1.26. The summed E-state index contributed by atoms with van der Waals surface area (Å²) in [5.74, 6) is 0. The first-order valence-electron chi connectivity index (χ1n) is 11.1. The summed E-state index contributed by atoms with van der Waals surface area (Å²) in [5, 5.41) is 2.53. The Hall–Kier alpha value is -4.30. The molecular formula is C31H24N2. The summed E-state index contributed by atoms with van der Waals surface area (Å²) in [6.45, 7) is 3.82. The number of nitrogens with zero attached hydrogens (tertiary/aromatic N) is 2. The van der Waals surface area contributed by atoms with Gasteiger partial charge in [-0.3, -0.25) is 9.98 Å². The first kappa shape index (κ1) is 20.6. The van der Waals surface area contributed by atoms with Crippen molar-refractivity contribution in [3.63, 3.8) is 0 Å². The van der Waals surface area contributed by atoms with Crippen molar-refractivity contribution in [1.82, 2.24) is 4.98 Å². The molecule has 0 aliphatic heterocycles. The van der Waals surface area contributed by atoms with Gasteiger partial charge in [0.05, 0.1) is 5.70 Å². The standard InChI is InChI=1S/C31H24N2/c1-32-31(27-13-5-11-25(21-27)28-14-7-19-33-22-28)18-17-23-8-4-12-26(20-23)30-16-6-10-24-9-2-3-15-29(24)30/h2-16,18-22H,1,17H2/b31-18-. The fourth-order valence-electron chi connectivity index (χ4n) is 4.22. The van der Waals surface area contributed by atoms with Crippen LogP contribution in [-0.4, -0.2) is 11.7 Å². The molecule has 1 aromatic heterocycles. The lowest BCUT2D eigenvalue weighted by Crippen LogP contribution is -1.88. The molecule has 0 radical (unpaired) electrons. The zero-order valence-electron chi connectivity index (χ0n) is 18.4. The molecule has 0 aliphatic rings. The predicted molar refractivity (Wildman–Crippen MR) is 140 cm³/mol. The van der Waals surface area contributed by atoms with Gasteiger partial charge in [0.1, 0.15) is 0 Å². The van der Waals surface area contributed by atoms with Crippen molar-refractivity contribution in [2.75, 3.05) is 0 Å². The smallest absolute Gasteiger partial charge is 0.0658 e. The Bertz CT molecular complexity index is 1440. The van der Waals surface area contributed by atoms with Crippen molar-refractivity contribution in [3.8, 4) is 22.3 Å². The number of hydrogen-bond donors (Lipinski definition) is 0. The molecule has 2 heteroatoms. The Morgan fingerprint density at radius 2 is 1.55 bits per heavy atom. The Balaban J connectivity index is 1.44. The molecule has 0 saturated heterocycles. The number of benzene rings is 4. The number of aliphatic imine (C=N–C) groups is 1. The van der Waals surface area contributed by atoms with Crippen LogP contribution in [0.15, 0.2) is 127 Å². The maximum absolute atomic E-state index is 4.33. The molecule has 1 heterocycles. The second kappa shape index (κ2) is 9.46. The average molecular weight is 425 g/mol. The fourth-order valence-corrected chi connectivity index (χ4v) is 4.22. The highest BCUT2D eigenvalue weighted by Crippen LogP contribution is 2.30. The molecule has 4 aromatic carbocycles. The number of rotatable bonds is 6. The Kier molecular flexibility index (Phi) is 5.90. The van der Waals surface area contributed by atoms with Crippen LogP contribution in [0.25, 0.3) is 38.7 Å². The van der Waals surface area contributed by atoms with E-state index in [0.717, 1.165) is 28.8 Å². The van der Waals surface area contributed by atoms with E-state index in [2.05, 4.69) is 120 Å². The second-order valence-electron chi connectivity index (χ2n) is 8.00. The number of aromatic nitrogens is 1. The minimum absolute atomic E-state index is 0.782. The molecule has 0 spiro atoms. The molecule has 158 valence electrons. The molecule has 0 atom stereocenters. The van der Waals surface area contributed by atoms with E-state index in [-0.39, 0.29) is 0 Å². The van der Waals surface area contributed by atoms with Crippen LogP contribution < -0.4 is 0 Å². The molecule has 2 nitrogen and oxygen atoms in total. The molecule has 5 rings (SSSR count). The normalized spacial score (nSPS) is 11.5. The van der Waals surface area contributed by atoms with E-state index in [1.807, 2.05) is 12.3 Å². The number of fused-ring (bicyclic) bond motifs is 1. The quantitative estimate of drug-likeness (QED) is 0.255. The first-order chi connectivity index (χ1) is 16.3. The molecule has 0 fully saturated rings. The zero-order chi connectivity index (χ0) is 22.5. The van der Waals surface area contributed by atoms with Crippen molar-refractivity contribution in [2.45, 2.75) is 6.42 Å². The van der Waals surface area contributed by atoms with E-state index in [9.17, 15) is 0 Å². The molecule has 0 aliphatic carbocycles. The summed E-state index contributed by atoms with van der Waals surface area (Å²) in [4.78, 5) is 8.56. The summed E-state index contributed by atoms with van der Waals surface area (Å²) in [6.07, 6.45) is 6.60. The highest BCUT2D eigenvalue weighted by Gasteiger charge is 2.06. The van der Waals surface area contributed by atoms with E-state index in [4.69, 9.17) is 0 Å². The van der Waals surface area contributed by atoms with E-state index < -0.39 is 0 Å². The van der Waals surface area contributed by atoms with Crippen molar-refractivity contribution in [1.29, 1.82) is 0 Å². The number of allylic oxidation sites excluding steroid dienone is 1. The SMILES string of the molecule is C=N/C(=C\Cc1cccc(-c2cccc3ccccc23)c1)c1cccc(-c2cccnc2)c1. The highest BCUT2D eigenvalue weighted by atomic mass is 14.7. The maximum atomic E-state index is 4.33. The van der Waals surface area contributed by atoms with Crippen LogP contribution in [0.1, 0.15) is 11.1 Å². The van der Waals surface area contributed by atoms with Gasteiger partial charge in [0, 0.05) is 23.5 Å². The molecule has 33 heavy (non-hydrogen) atoms. The Morgan fingerprint density at radius 3 is 2.42 bits per heavy atom. The van der Waals surface area contributed by atoms with Crippen molar-refractivity contribution in [3.05, 3.63) is 133 Å². The Morgan fingerprint density at radius 1 is 0.758 bits per heavy atom. The monoisotopic (exact) mass is 424 g/mol. The van der Waals surface area contributed by atoms with Gasteiger partial charge in [-0.1, -0.05) is 97.1 Å². The molecule has 0 unspecified atom stereocenters. The minimum atomic E-state index is 0.782. The first-order valence-corrected chi connectivity index (χ1v) is 11.1. The van der Waals surface area contributed by atoms with Gasteiger partial charge in [0.15, 0.2) is 0 Å². The molecule has 0 bridgehead atoms. The third-order valence-corrected chi connectivity index (χ3v) is 5.88. The predicted octanol–water partition coefficient (Wildman–Crippen LogP) is 7.85. The summed E-state index contributed by atoms with van der Waals surface area (Å²) < 4.78 is 0. The van der Waals surface area contributed by atoms with Gasteiger partial charge in [-0.25, -0.2) is 0 Å². The van der Waals surface area contributed by atoms with E-state index in [1.165, 1.54) is 27.5 Å². The van der Waals surface area contributed by atoms with Crippen LogP contribution in [0.3, 0.4) is 0 Å². The number of pyridine rings is 1. The second-order valence-corrected chi connectivity index (χ2v) is 8.00. The summed E-state index contributed by atoms with van der Waals surface area (Å²) in [5.41, 5.74) is 7.87. The largest absolute Gasteiger partial charge is 0.264 e. The van der Waals surface area contributed by atoms with E-state index in [0.29, 0.717) is 0 Å².